The highest BCUT2D eigenvalue weighted by Gasteiger charge is 2.34. The number of benzene rings is 1. The molecular weight excluding hydrogens is 366 g/mol. The molecule has 0 unspecified atom stereocenters. The van der Waals surface area contributed by atoms with Gasteiger partial charge in [0, 0.05) is 25.0 Å². The lowest BCUT2D eigenvalue weighted by Crippen LogP contribution is -3.15. The third kappa shape index (κ3) is 5.60. The molecule has 0 radical (unpaired) electrons. The molecule has 2 aliphatic rings. The van der Waals surface area contributed by atoms with Crippen molar-refractivity contribution in [1.29, 1.82) is 0 Å². The van der Waals surface area contributed by atoms with Crippen molar-refractivity contribution < 1.29 is 19.3 Å². The number of aliphatic imine (C=N–C) groups is 1. The summed E-state index contributed by atoms with van der Waals surface area (Å²) in [4.78, 5) is 44.8. The normalized spacial score (nSPS) is 23.9. The Morgan fingerprint density at radius 2 is 1.76 bits per heavy atom. The van der Waals surface area contributed by atoms with Crippen LogP contribution in [0.25, 0.3) is 0 Å². The number of amides is 1. The average Bonchev–Trinajstić information content (AvgIpc) is 2.73. The van der Waals surface area contributed by atoms with E-state index in [0.717, 1.165) is 38.3 Å². The Bertz CT molecular complexity index is 734. The Balaban J connectivity index is 1.43. The first-order chi connectivity index (χ1) is 14.0. The number of hydrogen-bond donors (Lipinski definition) is 1. The van der Waals surface area contributed by atoms with Crippen LogP contribution >= 0.6 is 0 Å². The van der Waals surface area contributed by atoms with Gasteiger partial charge < -0.3 is 9.80 Å². The van der Waals surface area contributed by atoms with Gasteiger partial charge in [0.25, 0.3) is 0 Å². The molecule has 156 valence electrons. The SMILES string of the molecule is CC(C)C(=O)N1CC[NH+](CCN=CC2C(=O)CC(c3ccccc3)CC2=O)CC1. The Morgan fingerprint density at radius 3 is 2.34 bits per heavy atom. The summed E-state index contributed by atoms with van der Waals surface area (Å²) < 4.78 is 0. The van der Waals surface area contributed by atoms with Crippen molar-refractivity contribution >= 4 is 23.7 Å². The smallest absolute Gasteiger partial charge is 0.225 e. The molecular formula is C23H32N3O3+. The number of carbonyl (C=O) groups is 3. The van der Waals surface area contributed by atoms with Gasteiger partial charge in [-0.3, -0.25) is 19.4 Å². The number of nitrogens with zero attached hydrogens (tertiary/aromatic N) is 2. The monoisotopic (exact) mass is 398 g/mol. The number of rotatable bonds is 6. The van der Waals surface area contributed by atoms with E-state index >= 15 is 0 Å². The molecule has 1 aromatic rings. The van der Waals surface area contributed by atoms with E-state index in [2.05, 4.69) is 4.99 Å². The molecule has 1 N–H and O–H groups in total. The minimum Gasteiger partial charge on any atom is -0.331 e. The minimum absolute atomic E-state index is 0.00450. The largest absolute Gasteiger partial charge is 0.331 e. The lowest BCUT2D eigenvalue weighted by atomic mass is 9.77. The molecule has 29 heavy (non-hydrogen) atoms. The van der Waals surface area contributed by atoms with Crippen molar-refractivity contribution in [1.82, 2.24) is 4.90 Å². The molecule has 0 spiro atoms. The zero-order chi connectivity index (χ0) is 20.8. The van der Waals surface area contributed by atoms with Crippen LogP contribution in [0.3, 0.4) is 0 Å². The molecule has 0 aromatic heterocycles. The van der Waals surface area contributed by atoms with Crippen LogP contribution < -0.4 is 4.90 Å². The second kappa shape index (κ2) is 9.92. The highest BCUT2D eigenvalue weighted by atomic mass is 16.2. The Hall–Kier alpha value is -2.34. The van der Waals surface area contributed by atoms with Gasteiger partial charge in [0.1, 0.15) is 17.5 Å². The molecule has 1 heterocycles. The van der Waals surface area contributed by atoms with Crippen LogP contribution in [0, 0.1) is 11.8 Å². The molecule has 0 bridgehead atoms. The summed E-state index contributed by atoms with van der Waals surface area (Å²) in [6, 6.07) is 9.79. The van der Waals surface area contributed by atoms with Gasteiger partial charge >= 0.3 is 0 Å². The number of quaternary nitrogens is 1. The first-order valence-electron chi connectivity index (χ1n) is 10.7. The fraction of sp³-hybridized carbons (Fsp3) is 0.565. The van der Waals surface area contributed by atoms with E-state index in [4.69, 9.17) is 0 Å². The summed E-state index contributed by atoms with van der Waals surface area (Å²) in [7, 11) is 0. The van der Waals surface area contributed by atoms with Gasteiger partial charge in [0.15, 0.2) is 0 Å². The van der Waals surface area contributed by atoms with Crippen LogP contribution in [0.5, 0.6) is 0 Å². The Morgan fingerprint density at radius 1 is 1.14 bits per heavy atom. The van der Waals surface area contributed by atoms with Crippen molar-refractivity contribution in [2.75, 3.05) is 39.3 Å². The van der Waals surface area contributed by atoms with E-state index in [-0.39, 0.29) is 29.3 Å². The highest BCUT2D eigenvalue weighted by molar-refractivity contribution is 6.16. The second-order valence-electron chi connectivity index (χ2n) is 8.46. The number of hydrogen-bond acceptors (Lipinski definition) is 4. The molecule has 6 nitrogen and oxygen atoms in total. The summed E-state index contributed by atoms with van der Waals surface area (Å²) in [5.41, 5.74) is 1.06. The number of piperazine rings is 1. The fourth-order valence-corrected chi connectivity index (χ4v) is 4.18. The van der Waals surface area contributed by atoms with Crippen LogP contribution in [0.4, 0.5) is 0 Å². The molecule has 1 aromatic carbocycles. The Labute approximate surface area is 173 Å². The van der Waals surface area contributed by atoms with Gasteiger partial charge in [-0.1, -0.05) is 44.2 Å². The van der Waals surface area contributed by atoms with Crippen molar-refractivity contribution in [3.05, 3.63) is 35.9 Å². The van der Waals surface area contributed by atoms with Crippen LogP contribution in [0.2, 0.25) is 0 Å². The maximum Gasteiger partial charge on any atom is 0.225 e. The van der Waals surface area contributed by atoms with E-state index in [1.165, 1.54) is 4.90 Å². The topological polar surface area (TPSA) is 71.2 Å². The second-order valence-corrected chi connectivity index (χ2v) is 8.46. The zero-order valence-electron chi connectivity index (χ0n) is 17.5. The molecule has 3 rings (SSSR count). The number of Topliss-reactive ketones (excluding diaryl/α,β-unsaturated/α-hetero) is 2. The standard InChI is InChI=1S/C23H31N3O3/c1-17(2)23(29)26-12-10-25(11-13-26)9-8-24-16-20-21(27)14-19(15-22(20)28)18-6-4-3-5-7-18/h3-7,16-17,19-20H,8-15H2,1-2H3/p+1. The molecule has 0 atom stereocenters. The first-order valence-corrected chi connectivity index (χ1v) is 10.7. The van der Waals surface area contributed by atoms with Crippen molar-refractivity contribution in [2.45, 2.75) is 32.6 Å². The van der Waals surface area contributed by atoms with Crippen molar-refractivity contribution in [2.24, 2.45) is 16.8 Å². The first kappa shape index (κ1) is 21.4. The number of ketones is 2. The van der Waals surface area contributed by atoms with Crippen molar-refractivity contribution in [3.8, 4) is 0 Å². The van der Waals surface area contributed by atoms with Crippen LogP contribution in [0.15, 0.2) is 35.3 Å². The number of carbonyl (C=O) groups excluding carboxylic acids is 3. The third-order valence-corrected chi connectivity index (χ3v) is 5.98. The predicted molar refractivity (Wildman–Crippen MR) is 112 cm³/mol. The molecule has 1 amide bonds. The quantitative estimate of drug-likeness (QED) is 0.568. The molecule has 1 aliphatic heterocycles. The highest BCUT2D eigenvalue weighted by Crippen LogP contribution is 2.31. The van der Waals surface area contributed by atoms with Gasteiger partial charge in [-0.15, -0.1) is 0 Å². The minimum atomic E-state index is -0.675. The molecule has 6 heteroatoms. The van der Waals surface area contributed by atoms with Crippen LogP contribution in [-0.4, -0.2) is 67.9 Å². The summed E-state index contributed by atoms with van der Waals surface area (Å²) in [5, 5.41) is 0. The lowest BCUT2D eigenvalue weighted by Gasteiger charge is -2.33. The van der Waals surface area contributed by atoms with Gasteiger partial charge in [-0.05, 0) is 11.5 Å². The maximum atomic E-state index is 12.5. The third-order valence-electron chi connectivity index (χ3n) is 5.98. The van der Waals surface area contributed by atoms with E-state index in [1.54, 1.807) is 6.21 Å². The van der Waals surface area contributed by atoms with E-state index in [9.17, 15) is 14.4 Å². The van der Waals surface area contributed by atoms with Crippen LogP contribution in [-0.2, 0) is 14.4 Å². The van der Waals surface area contributed by atoms with Crippen LogP contribution in [0.1, 0.15) is 38.2 Å². The van der Waals surface area contributed by atoms with Gasteiger partial charge in [0.05, 0.1) is 39.3 Å². The molecule has 1 saturated heterocycles. The fourth-order valence-electron chi connectivity index (χ4n) is 4.18. The maximum absolute atomic E-state index is 12.5. The average molecular weight is 399 g/mol. The molecule has 1 saturated carbocycles. The molecule has 1 aliphatic carbocycles. The summed E-state index contributed by atoms with van der Waals surface area (Å²) in [6.07, 6.45) is 2.39. The van der Waals surface area contributed by atoms with Crippen molar-refractivity contribution in [3.63, 3.8) is 0 Å². The van der Waals surface area contributed by atoms with E-state index in [1.807, 2.05) is 49.1 Å². The van der Waals surface area contributed by atoms with E-state index < -0.39 is 5.92 Å². The number of nitrogens with one attached hydrogen (secondary N) is 1. The summed E-state index contributed by atoms with van der Waals surface area (Å²) >= 11 is 0. The van der Waals surface area contributed by atoms with Gasteiger partial charge in [-0.25, -0.2) is 0 Å². The summed E-state index contributed by atoms with van der Waals surface area (Å²) in [6.45, 7) is 8.77. The van der Waals surface area contributed by atoms with E-state index in [0.29, 0.717) is 19.4 Å². The lowest BCUT2D eigenvalue weighted by molar-refractivity contribution is -0.902. The molecule has 2 fully saturated rings. The summed E-state index contributed by atoms with van der Waals surface area (Å²) in [5.74, 6) is -0.446. The van der Waals surface area contributed by atoms with Gasteiger partial charge in [0.2, 0.25) is 5.91 Å². The predicted octanol–water partition coefficient (Wildman–Crippen LogP) is 0.772. The Kier molecular flexibility index (Phi) is 7.31. The zero-order valence-corrected chi connectivity index (χ0v) is 17.5. The van der Waals surface area contributed by atoms with Gasteiger partial charge in [-0.2, -0.15) is 0 Å².